The monoisotopic (exact) mass is 280 g/mol. The summed E-state index contributed by atoms with van der Waals surface area (Å²) < 4.78 is 11.2. The van der Waals surface area contributed by atoms with E-state index in [1.807, 2.05) is 13.8 Å². The molecular weight excluding hydrogens is 260 g/mol. The van der Waals surface area contributed by atoms with E-state index in [2.05, 4.69) is 0 Å². The number of nitro groups is 1. The van der Waals surface area contributed by atoms with E-state index in [-0.39, 0.29) is 35.4 Å². The molecule has 6 heteroatoms. The number of nitrogens with two attached hydrogens (primary N) is 1. The van der Waals surface area contributed by atoms with Gasteiger partial charge in [-0.2, -0.15) is 0 Å². The van der Waals surface area contributed by atoms with Crippen molar-refractivity contribution in [3.8, 4) is 11.5 Å². The normalized spacial score (nSPS) is 22.0. The Bertz CT molecular complexity index is 490. The summed E-state index contributed by atoms with van der Waals surface area (Å²) in [4.78, 5) is 10.8. The topological polar surface area (TPSA) is 87.6 Å². The van der Waals surface area contributed by atoms with Crippen molar-refractivity contribution in [2.45, 2.75) is 51.4 Å². The summed E-state index contributed by atoms with van der Waals surface area (Å²) in [5.41, 5.74) is 5.72. The highest BCUT2D eigenvalue weighted by atomic mass is 16.6. The minimum Gasteiger partial charge on any atom is -0.484 e. The molecule has 1 aliphatic carbocycles. The molecule has 2 unspecified atom stereocenters. The molecule has 20 heavy (non-hydrogen) atoms. The van der Waals surface area contributed by atoms with E-state index < -0.39 is 4.92 Å². The molecule has 0 radical (unpaired) electrons. The molecular formula is C14H20N2O4. The van der Waals surface area contributed by atoms with Crippen LogP contribution in [-0.4, -0.2) is 23.2 Å². The fraction of sp³-hybridized carbons (Fsp3) is 0.571. The lowest BCUT2D eigenvalue weighted by atomic mass is 10.2. The molecule has 6 nitrogen and oxygen atoms in total. The lowest BCUT2D eigenvalue weighted by molar-refractivity contribution is -0.387. The first-order valence-electron chi connectivity index (χ1n) is 6.83. The lowest BCUT2D eigenvalue weighted by Crippen LogP contribution is -2.19. The van der Waals surface area contributed by atoms with Gasteiger partial charge in [-0.1, -0.05) is 6.07 Å². The molecule has 2 atom stereocenters. The predicted molar refractivity (Wildman–Crippen MR) is 75.1 cm³/mol. The van der Waals surface area contributed by atoms with Crippen LogP contribution in [0.4, 0.5) is 5.69 Å². The van der Waals surface area contributed by atoms with Gasteiger partial charge < -0.3 is 15.2 Å². The predicted octanol–water partition coefficient (Wildman–Crippen LogP) is 2.64. The molecule has 1 fully saturated rings. The Morgan fingerprint density at radius 3 is 2.60 bits per heavy atom. The lowest BCUT2D eigenvalue weighted by Gasteiger charge is -2.16. The average molecular weight is 280 g/mol. The quantitative estimate of drug-likeness (QED) is 0.661. The number of rotatable bonds is 5. The van der Waals surface area contributed by atoms with E-state index in [4.69, 9.17) is 15.2 Å². The standard InChI is InChI=1S/C14H20N2O4/c1-9(2)19-12-4-3-5-13(14(12)16(17)18)20-11-7-6-10(15)8-11/h3-5,9-11H,6-8,15H2,1-2H3. The van der Waals surface area contributed by atoms with Crippen molar-refractivity contribution < 1.29 is 14.4 Å². The minimum atomic E-state index is -0.456. The highest BCUT2D eigenvalue weighted by Gasteiger charge is 2.28. The van der Waals surface area contributed by atoms with Gasteiger partial charge >= 0.3 is 5.69 Å². The maximum atomic E-state index is 11.3. The summed E-state index contributed by atoms with van der Waals surface area (Å²) in [6.07, 6.45) is 2.25. The minimum absolute atomic E-state index is 0.0574. The fourth-order valence-corrected chi connectivity index (χ4v) is 2.39. The molecule has 1 aromatic rings. The molecule has 0 amide bonds. The molecule has 110 valence electrons. The van der Waals surface area contributed by atoms with Crippen molar-refractivity contribution in [2.75, 3.05) is 0 Å². The van der Waals surface area contributed by atoms with E-state index in [9.17, 15) is 10.1 Å². The zero-order valence-corrected chi connectivity index (χ0v) is 11.7. The second kappa shape index (κ2) is 6.09. The molecule has 1 aromatic carbocycles. The third-order valence-electron chi connectivity index (χ3n) is 3.23. The summed E-state index contributed by atoms with van der Waals surface area (Å²) in [7, 11) is 0. The number of ether oxygens (including phenoxy) is 2. The van der Waals surface area contributed by atoms with Crippen LogP contribution in [0.25, 0.3) is 0 Å². The van der Waals surface area contributed by atoms with Gasteiger partial charge in [-0.05, 0) is 45.2 Å². The molecule has 2 rings (SSSR count). The van der Waals surface area contributed by atoms with E-state index in [0.717, 1.165) is 19.3 Å². The van der Waals surface area contributed by atoms with Crippen molar-refractivity contribution in [1.29, 1.82) is 0 Å². The van der Waals surface area contributed by atoms with Crippen LogP contribution >= 0.6 is 0 Å². The first-order chi connectivity index (χ1) is 9.47. The third kappa shape index (κ3) is 3.39. The zero-order valence-electron chi connectivity index (χ0n) is 11.7. The number of nitrogens with zero attached hydrogens (tertiary/aromatic N) is 1. The van der Waals surface area contributed by atoms with E-state index in [0.29, 0.717) is 0 Å². The van der Waals surface area contributed by atoms with E-state index >= 15 is 0 Å². The first-order valence-corrected chi connectivity index (χ1v) is 6.83. The molecule has 1 saturated carbocycles. The number of hydrogen-bond donors (Lipinski definition) is 1. The van der Waals surface area contributed by atoms with Crippen molar-refractivity contribution >= 4 is 5.69 Å². The van der Waals surface area contributed by atoms with Crippen LogP contribution in [0.15, 0.2) is 18.2 Å². The Balaban J connectivity index is 2.25. The largest absolute Gasteiger partial charge is 0.484 e. The number of nitro benzene ring substituents is 1. The van der Waals surface area contributed by atoms with Gasteiger partial charge in [0.2, 0.25) is 11.5 Å². The fourth-order valence-electron chi connectivity index (χ4n) is 2.39. The Morgan fingerprint density at radius 2 is 2.05 bits per heavy atom. The summed E-state index contributed by atoms with van der Waals surface area (Å²) in [6.45, 7) is 3.65. The Morgan fingerprint density at radius 1 is 1.35 bits per heavy atom. The number of benzene rings is 1. The van der Waals surface area contributed by atoms with Crippen LogP contribution in [0.2, 0.25) is 0 Å². The number of hydrogen-bond acceptors (Lipinski definition) is 5. The van der Waals surface area contributed by atoms with Crippen molar-refractivity contribution in [3.63, 3.8) is 0 Å². The van der Waals surface area contributed by atoms with Crippen LogP contribution in [0.3, 0.4) is 0 Å². The van der Waals surface area contributed by atoms with Gasteiger partial charge in [0.25, 0.3) is 0 Å². The summed E-state index contributed by atoms with van der Waals surface area (Å²) in [5.74, 6) is 0.497. The molecule has 2 N–H and O–H groups in total. The third-order valence-corrected chi connectivity index (χ3v) is 3.23. The van der Waals surface area contributed by atoms with Gasteiger partial charge in [-0.25, -0.2) is 0 Å². The van der Waals surface area contributed by atoms with Crippen LogP contribution in [0.5, 0.6) is 11.5 Å². The molecule has 0 bridgehead atoms. The smallest absolute Gasteiger partial charge is 0.352 e. The van der Waals surface area contributed by atoms with Crippen molar-refractivity contribution in [3.05, 3.63) is 28.3 Å². The summed E-state index contributed by atoms with van der Waals surface area (Å²) in [5, 5.41) is 11.3. The molecule has 1 aliphatic rings. The van der Waals surface area contributed by atoms with Crippen LogP contribution in [0, 0.1) is 10.1 Å². The molecule has 0 spiro atoms. The van der Waals surface area contributed by atoms with Gasteiger partial charge in [-0.3, -0.25) is 10.1 Å². The number of para-hydroxylation sites is 1. The summed E-state index contributed by atoms with van der Waals surface area (Å²) in [6, 6.07) is 5.02. The van der Waals surface area contributed by atoms with Gasteiger partial charge in [-0.15, -0.1) is 0 Å². The van der Waals surface area contributed by atoms with Gasteiger partial charge in [0.15, 0.2) is 0 Å². The molecule has 0 aromatic heterocycles. The maximum absolute atomic E-state index is 11.3. The second-order valence-corrected chi connectivity index (χ2v) is 5.34. The maximum Gasteiger partial charge on any atom is 0.352 e. The Labute approximate surface area is 118 Å². The van der Waals surface area contributed by atoms with E-state index in [1.165, 1.54) is 0 Å². The summed E-state index contributed by atoms with van der Waals surface area (Å²) >= 11 is 0. The first kappa shape index (κ1) is 14.6. The van der Waals surface area contributed by atoms with Gasteiger partial charge in [0.1, 0.15) is 6.10 Å². The second-order valence-electron chi connectivity index (χ2n) is 5.34. The Kier molecular flexibility index (Phi) is 4.44. The van der Waals surface area contributed by atoms with Gasteiger partial charge in [0, 0.05) is 6.04 Å². The SMILES string of the molecule is CC(C)Oc1cccc(OC2CCC(N)C2)c1[N+](=O)[O-]. The zero-order chi connectivity index (χ0) is 14.7. The molecule has 0 saturated heterocycles. The highest BCUT2D eigenvalue weighted by Crippen LogP contribution is 2.38. The van der Waals surface area contributed by atoms with Crippen molar-refractivity contribution in [1.82, 2.24) is 0 Å². The van der Waals surface area contributed by atoms with Crippen LogP contribution < -0.4 is 15.2 Å². The van der Waals surface area contributed by atoms with Crippen molar-refractivity contribution in [2.24, 2.45) is 5.73 Å². The molecule has 0 aliphatic heterocycles. The molecule has 0 heterocycles. The Hall–Kier alpha value is -1.82. The van der Waals surface area contributed by atoms with Gasteiger partial charge in [0.05, 0.1) is 11.0 Å². The average Bonchev–Trinajstić information content (AvgIpc) is 2.73. The highest BCUT2D eigenvalue weighted by molar-refractivity contribution is 5.57. The van der Waals surface area contributed by atoms with E-state index in [1.54, 1.807) is 18.2 Å². The van der Waals surface area contributed by atoms with Crippen LogP contribution in [0.1, 0.15) is 33.1 Å². The van der Waals surface area contributed by atoms with Crippen LogP contribution in [-0.2, 0) is 0 Å².